The molecule has 0 heteroatoms. The molecule has 0 nitrogen and oxygen atoms in total. The van der Waals surface area contributed by atoms with Gasteiger partial charge in [-0.2, -0.15) is 0 Å². The lowest BCUT2D eigenvalue weighted by atomic mass is 9.49. The van der Waals surface area contributed by atoms with Gasteiger partial charge in [-0.1, -0.05) is 57.4 Å². The highest BCUT2D eigenvalue weighted by Crippen LogP contribution is 2.63. The van der Waals surface area contributed by atoms with Gasteiger partial charge in [0.15, 0.2) is 0 Å². The number of fused-ring (bicyclic) bond motifs is 3. The first kappa shape index (κ1) is 12.5. The lowest BCUT2D eigenvalue weighted by molar-refractivity contribution is 0.163. The molecule has 0 saturated heterocycles. The van der Waals surface area contributed by atoms with Crippen molar-refractivity contribution in [3.05, 3.63) is 23.3 Å². The quantitative estimate of drug-likeness (QED) is 0.483. The second-order valence-corrected chi connectivity index (χ2v) is 7.96. The minimum Gasteiger partial charge on any atom is -0.0839 e. The van der Waals surface area contributed by atoms with Gasteiger partial charge in [-0.25, -0.2) is 0 Å². The van der Waals surface area contributed by atoms with Crippen LogP contribution in [0.1, 0.15) is 72.6 Å². The molecule has 0 N–H and O–H groups in total. The van der Waals surface area contributed by atoms with E-state index in [0.29, 0.717) is 16.2 Å². The Labute approximate surface area is 113 Å². The van der Waals surface area contributed by atoms with E-state index in [9.17, 15) is 0 Å². The molecule has 0 spiro atoms. The Morgan fingerprint density at radius 2 is 1.61 bits per heavy atom. The normalized spacial score (nSPS) is 42.4. The molecule has 0 aliphatic heterocycles. The van der Waals surface area contributed by atoms with E-state index >= 15 is 0 Å². The minimum atomic E-state index is 0.384. The summed E-state index contributed by atoms with van der Waals surface area (Å²) in [5.41, 5.74) is 4.84. The number of rotatable bonds is 0. The Balaban J connectivity index is 2.13. The lowest BCUT2D eigenvalue weighted by Crippen LogP contribution is -2.44. The van der Waals surface area contributed by atoms with Gasteiger partial charge in [0, 0.05) is 5.41 Å². The van der Waals surface area contributed by atoms with E-state index in [-0.39, 0.29) is 0 Å². The van der Waals surface area contributed by atoms with Crippen LogP contribution in [0.25, 0.3) is 0 Å². The SMILES string of the molecule is CC1(C)CCCC2(C)C1=CCC1(C)CCCC=C12. The van der Waals surface area contributed by atoms with Crippen LogP contribution in [0.2, 0.25) is 0 Å². The van der Waals surface area contributed by atoms with Crippen LogP contribution in [0.15, 0.2) is 23.3 Å². The molecular weight excluding hydrogens is 216 g/mol. The fraction of sp³-hybridized carbons (Fsp3) is 0.778. The third-order valence-electron chi connectivity index (χ3n) is 6.08. The molecule has 2 unspecified atom stereocenters. The number of hydrogen-bond donors (Lipinski definition) is 0. The summed E-state index contributed by atoms with van der Waals surface area (Å²) >= 11 is 0. The van der Waals surface area contributed by atoms with Crippen LogP contribution < -0.4 is 0 Å². The first-order chi connectivity index (χ1) is 8.39. The maximum Gasteiger partial charge on any atom is 0.0103 e. The van der Waals surface area contributed by atoms with Crippen molar-refractivity contribution in [1.29, 1.82) is 0 Å². The molecule has 0 aromatic heterocycles. The monoisotopic (exact) mass is 244 g/mol. The lowest BCUT2D eigenvalue weighted by Gasteiger charge is -2.56. The highest BCUT2D eigenvalue weighted by Gasteiger charge is 2.51. The summed E-state index contributed by atoms with van der Waals surface area (Å²) in [4.78, 5) is 0. The molecule has 1 saturated carbocycles. The summed E-state index contributed by atoms with van der Waals surface area (Å²) in [6.07, 6.45) is 14.8. The van der Waals surface area contributed by atoms with Crippen molar-refractivity contribution in [2.24, 2.45) is 16.2 Å². The maximum absolute atomic E-state index is 2.63. The van der Waals surface area contributed by atoms with Gasteiger partial charge in [-0.05, 0) is 49.4 Å². The summed E-state index contributed by atoms with van der Waals surface area (Å²) in [6, 6.07) is 0. The van der Waals surface area contributed by atoms with Crippen molar-refractivity contribution in [3.63, 3.8) is 0 Å². The standard InChI is InChI=1S/C18H28/c1-16(2)10-7-12-18(4)14(16)9-13-17(3)11-6-5-8-15(17)18/h8-9H,5-7,10-13H2,1-4H3. The van der Waals surface area contributed by atoms with Gasteiger partial charge in [0.25, 0.3) is 0 Å². The van der Waals surface area contributed by atoms with Crippen molar-refractivity contribution in [1.82, 2.24) is 0 Å². The van der Waals surface area contributed by atoms with Gasteiger partial charge < -0.3 is 0 Å². The third kappa shape index (κ3) is 1.57. The molecule has 0 radical (unpaired) electrons. The van der Waals surface area contributed by atoms with Crippen LogP contribution in [0.4, 0.5) is 0 Å². The van der Waals surface area contributed by atoms with Crippen molar-refractivity contribution >= 4 is 0 Å². The molecule has 1 fully saturated rings. The molecule has 3 aliphatic carbocycles. The molecule has 0 aromatic rings. The van der Waals surface area contributed by atoms with Crippen molar-refractivity contribution in [2.45, 2.75) is 72.6 Å². The van der Waals surface area contributed by atoms with E-state index in [1.807, 2.05) is 0 Å². The van der Waals surface area contributed by atoms with Crippen molar-refractivity contribution in [3.8, 4) is 0 Å². The summed E-state index contributed by atoms with van der Waals surface area (Å²) in [7, 11) is 0. The summed E-state index contributed by atoms with van der Waals surface area (Å²) in [6.45, 7) is 9.97. The van der Waals surface area contributed by atoms with Crippen LogP contribution in [-0.4, -0.2) is 0 Å². The zero-order chi connectivity index (χ0) is 13.0. The van der Waals surface area contributed by atoms with Crippen molar-refractivity contribution in [2.75, 3.05) is 0 Å². The zero-order valence-corrected chi connectivity index (χ0v) is 12.6. The van der Waals surface area contributed by atoms with Gasteiger partial charge in [0.2, 0.25) is 0 Å². The average molecular weight is 244 g/mol. The second kappa shape index (κ2) is 3.74. The molecular formula is C18H28. The molecule has 18 heavy (non-hydrogen) atoms. The molecule has 0 aromatic carbocycles. The Morgan fingerprint density at radius 1 is 0.833 bits per heavy atom. The predicted octanol–water partition coefficient (Wildman–Crippen LogP) is 5.65. The van der Waals surface area contributed by atoms with Crippen LogP contribution >= 0.6 is 0 Å². The molecule has 100 valence electrons. The van der Waals surface area contributed by atoms with Crippen LogP contribution in [0.5, 0.6) is 0 Å². The van der Waals surface area contributed by atoms with Gasteiger partial charge in [-0.3, -0.25) is 0 Å². The first-order valence-corrected chi connectivity index (χ1v) is 7.81. The largest absolute Gasteiger partial charge is 0.0839 e. The average Bonchev–Trinajstić information content (AvgIpc) is 2.27. The highest BCUT2D eigenvalue weighted by molar-refractivity contribution is 5.42. The Morgan fingerprint density at radius 3 is 2.39 bits per heavy atom. The summed E-state index contributed by atoms with van der Waals surface area (Å²) in [5, 5.41) is 0. The topological polar surface area (TPSA) is 0 Å². The number of allylic oxidation sites excluding steroid dienone is 4. The first-order valence-electron chi connectivity index (χ1n) is 7.81. The highest BCUT2D eigenvalue weighted by atomic mass is 14.5. The van der Waals surface area contributed by atoms with Crippen LogP contribution in [0.3, 0.4) is 0 Å². The Bertz CT molecular complexity index is 423. The summed E-state index contributed by atoms with van der Waals surface area (Å²) in [5.74, 6) is 0. The van der Waals surface area contributed by atoms with Crippen LogP contribution in [-0.2, 0) is 0 Å². The van der Waals surface area contributed by atoms with E-state index in [2.05, 4.69) is 39.8 Å². The Hall–Kier alpha value is -0.520. The number of hydrogen-bond acceptors (Lipinski definition) is 0. The van der Waals surface area contributed by atoms with E-state index < -0.39 is 0 Å². The predicted molar refractivity (Wildman–Crippen MR) is 78.5 cm³/mol. The van der Waals surface area contributed by atoms with Gasteiger partial charge >= 0.3 is 0 Å². The van der Waals surface area contributed by atoms with Crippen molar-refractivity contribution < 1.29 is 0 Å². The van der Waals surface area contributed by atoms with E-state index in [4.69, 9.17) is 0 Å². The minimum absolute atomic E-state index is 0.384. The molecule has 0 bridgehead atoms. The van der Waals surface area contributed by atoms with E-state index in [1.165, 1.54) is 44.9 Å². The van der Waals surface area contributed by atoms with E-state index in [1.54, 1.807) is 11.1 Å². The maximum atomic E-state index is 2.63. The summed E-state index contributed by atoms with van der Waals surface area (Å²) < 4.78 is 0. The molecule has 3 rings (SSSR count). The molecule has 2 atom stereocenters. The smallest absolute Gasteiger partial charge is 0.0103 e. The third-order valence-corrected chi connectivity index (χ3v) is 6.08. The molecule has 3 aliphatic rings. The van der Waals surface area contributed by atoms with Crippen LogP contribution in [0, 0.1) is 16.2 Å². The van der Waals surface area contributed by atoms with E-state index in [0.717, 1.165) is 0 Å². The van der Waals surface area contributed by atoms with Gasteiger partial charge in [0.05, 0.1) is 0 Å². The Kier molecular flexibility index (Phi) is 2.60. The van der Waals surface area contributed by atoms with Gasteiger partial charge in [-0.15, -0.1) is 0 Å². The van der Waals surface area contributed by atoms with Gasteiger partial charge in [0.1, 0.15) is 0 Å². The zero-order valence-electron chi connectivity index (χ0n) is 12.6. The molecule has 0 amide bonds. The molecule has 0 heterocycles. The fourth-order valence-electron chi connectivity index (χ4n) is 5.23. The fourth-order valence-corrected chi connectivity index (χ4v) is 5.23. The second-order valence-electron chi connectivity index (χ2n) is 7.96.